The fraction of sp³-hybridized carbons (Fsp3) is 0.917. The first kappa shape index (κ1) is 16.6. The van der Waals surface area contributed by atoms with Crippen LogP contribution in [0.15, 0.2) is 0 Å². The molecule has 102 valence electrons. The number of rotatable bonds is 9. The number of unbranched alkanes of at least 4 members (excludes halogenated alkanes) is 1. The minimum atomic E-state index is -0.758. The van der Waals surface area contributed by atoms with Gasteiger partial charge in [0.1, 0.15) is 0 Å². The summed E-state index contributed by atoms with van der Waals surface area (Å²) >= 11 is 0. The van der Waals surface area contributed by atoms with Crippen LogP contribution < -0.4 is 10.6 Å². The molecule has 0 bridgehead atoms. The fourth-order valence-corrected chi connectivity index (χ4v) is 2.16. The van der Waals surface area contributed by atoms with Crippen LogP contribution in [0, 0.1) is 0 Å². The third-order valence-corrected chi connectivity index (χ3v) is 3.41. The van der Waals surface area contributed by atoms with Gasteiger partial charge >= 0.3 is 0 Å². The van der Waals surface area contributed by atoms with Crippen LogP contribution in [0.3, 0.4) is 0 Å². The lowest BCUT2D eigenvalue weighted by atomic mass is 10.2. The monoisotopic (exact) mass is 262 g/mol. The standard InChI is InChI=1S/C12H26N2O2S/c1-5-6-8-13-12(15)11(3)14-10(2)7-9-17(4)16/h10-11,14H,5-9H2,1-4H3,(H,13,15). The molecule has 0 aliphatic rings. The Morgan fingerprint density at radius 3 is 2.53 bits per heavy atom. The first-order chi connectivity index (χ1) is 7.97. The van der Waals surface area contributed by atoms with Gasteiger partial charge in [0.05, 0.1) is 6.04 Å². The van der Waals surface area contributed by atoms with Crippen LogP contribution in [0.1, 0.15) is 40.0 Å². The molecule has 0 rings (SSSR count). The fourth-order valence-electron chi connectivity index (χ4n) is 1.47. The number of amides is 1. The van der Waals surface area contributed by atoms with Gasteiger partial charge in [-0.1, -0.05) is 13.3 Å². The van der Waals surface area contributed by atoms with Crippen LogP contribution in [0.5, 0.6) is 0 Å². The van der Waals surface area contributed by atoms with E-state index in [1.54, 1.807) is 6.26 Å². The van der Waals surface area contributed by atoms with Gasteiger partial charge < -0.3 is 10.6 Å². The molecule has 2 N–H and O–H groups in total. The summed E-state index contributed by atoms with van der Waals surface area (Å²) in [5, 5.41) is 6.11. The number of nitrogens with one attached hydrogen (secondary N) is 2. The van der Waals surface area contributed by atoms with Crippen molar-refractivity contribution in [3.05, 3.63) is 0 Å². The smallest absolute Gasteiger partial charge is 0.236 e. The van der Waals surface area contributed by atoms with E-state index >= 15 is 0 Å². The lowest BCUT2D eigenvalue weighted by molar-refractivity contribution is -0.122. The van der Waals surface area contributed by atoms with Crippen LogP contribution in [0.25, 0.3) is 0 Å². The van der Waals surface area contributed by atoms with Crippen molar-refractivity contribution < 1.29 is 9.00 Å². The van der Waals surface area contributed by atoms with E-state index in [1.807, 2.05) is 13.8 Å². The highest BCUT2D eigenvalue weighted by molar-refractivity contribution is 7.84. The van der Waals surface area contributed by atoms with E-state index in [2.05, 4.69) is 17.6 Å². The summed E-state index contributed by atoms with van der Waals surface area (Å²) in [5.74, 6) is 0.723. The van der Waals surface area contributed by atoms with Gasteiger partial charge in [-0.05, 0) is 26.7 Å². The third kappa shape index (κ3) is 9.30. The van der Waals surface area contributed by atoms with Crippen LogP contribution in [0.4, 0.5) is 0 Å². The maximum absolute atomic E-state index is 11.7. The van der Waals surface area contributed by atoms with E-state index in [4.69, 9.17) is 0 Å². The zero-order valence-corrected chi connectivity index (χ0v) is 12.2. The Balaban J connectivity index is 3.78. The van der Waals surface area contributed by atoms with E-state index in [0.717, 1.165) is 25.8 Å². The maximum atomic E-state index is 11.7. The average molecular weight is 262 g/mol. The Morgan fingerprint density at radius 2 is 2.00 bits per heavy atom. The second-order valence-electron chi connectivity index (χ2n) is 4.50. The van der Waals surface area contributed by atoms with E-state index in [0.29, 0.717) is 5.75 Å². The molecule has 17 heavy (non-hydrogen) atoms. The minimum Gasteiger partial charge on any atom is -0.355 e. The summed E-state index contributed by atoms with van der Waals surface area (Å²) in [6, 6.07) is 0.0259. The first-order valence-corrected chi connectivity index (χ1v) is 8.03. The Labute approximate surface area is 107 Å². The molecular weight excluding hydrogens is 236 g/mol. The Hall–Kier alpha value is -0.420. The molecule has 0 saturated carbocycles. The van der Waals surface area contributed by atoms with Crippen LogP contribution >= 0.6 is 0 Å². The molecule has 0 aromatic rings. The summed E-state index contributed by atoms with van der Waals surface area (Å²) in [4.78, 5) is 11.7. The Morgan fingerprint density at radius 1 is 1.35 bits per heavy atom. The zero-order chi connectivity index (χ0) is 13.3. The first-order valence-electron chi connectivity index (χ1n) is 6.31. The molecule has 0 aliphatic heterocycles. The molecule has 3 atom stereocenters. The van der Waals surface area contributed by atoms with Gasteiger partial charge in [-0.2, -0.15) is 0 Å². The van der Waals surface area contributed by atoms with Gasteiger partial charge in [-0.3, -0.25) is 9.00 Å². The second-order valence-corrected chi connectivity index (χ2v) is 6.05. The Bertz CT molecular complexity index is 247. The molecule has 1 amide bonds. The molecule has 0 heterocycles. The van der Waals surface area contributed by atoms with Gasteiger partial charge in [0.25, 0.3) is 0 Å². The van der Waals surface area contributed by atoms with Crippen molar-refractivity contribution in [2.75, 3.05) is 18.6 Å². The molecule has 0 spiro atoms. The zero-order valence-electron chi connectivity index (χ0n) is 11.4. The van der Waals surface area contributed by atoms with E-state index in [9.17, 15) is 9.00 Å². The molecular formula is C12H26N2O2S. The van der Waals surface area contributed by atoms with Gasteiger partial charge in [-0.25, -0.2) is 0 Å². The highest BCUT2D eigenvalue weighted by Gasteiger charge is 2.14. The number of hydrogen-bond acceptors (Lipinski definition) is 3. The SMILES string of the molecule is CCCCNC(=O)C(C)NC(C)CCS(C)=O. The summed E-state index contributed by atoms with van der Waals surface area (Å²) in [5.41, 5.74) is 0. The minimum absolute atomic E-state index is 0.0444. The Kier molecular flexibility index (Phi) is 9.36. The van der Waals surface area contributed by atoms with Gasteiger partial charge in [0.2, 0.25) is 5.91 Å². The van der Waals surface area contributed by atoms with Gasteiger partial charge in [0, 0.05) is 35.4 Å². The molecule has 0 aliphatic carbocycles. The van der Waals surface area contributed by atoms with Crippen molar-refractivity contribution in [2.45, 2.75) is 52.1 Å². The van der Waals surface area contributed by atoms with E-state index in [1.165, 1.54) is 0 Å². The molecule has 0 aromatic heterocycles. The predicted octanol–water partition coefficient (Wildman–Crippen LogP) is 1.04. The summed E-state index contributed by atoms with van der Waals surface area (Å²) in [6.45, 7) is 6.72. The topological polar surface area (TPSA) is 58.2 Å². The molecule has 3 unspecified atom stereocenters. The van der Waals surface area contributed by atoms with Crippen LogP contribution in [0.2, 0.25) is 0 Å². The van der Waals surface area contributed by atoms with Gasteiger partial charge in [0.15, 0.2) is 0 Å². The molecule has 4 nitrogen and oxygen atoms in total. The summed E-state index contributed by atoms with van der Waals surface area (Å²) < 4.78 is 10.9. The lowest BCUT2D eigenvalue weighted by Crippen LogP contribution is -2.46. The largest absolute Gasteiger partial charge is 0.355 e. The summed E-state index contributed by atoms with van der Waals surface area (Å²) in [6.07, 6.45) is 4.63. The van der Waals surface area contributed by atoms with E-state index in [-0.39, 0.29) is 18.0 Å². The lowest BCUT2D eigenvalue weighted by Gasteiger charge is -2.19. The molecule has 0 radical (unpaired) electrons. The maximum Gasteiger partial charge on any atom is 0.236 e. The number of carbonyl (C=O) groups excluding carboxylic acids is 1. The van der Waals surface area contributed by atoms with Crippen molar-refractivity contribution >= 4 is 16.7 Å². The van der Waals surface area contributed by atoms with Gasteiger partial charge in [-0.15, -0.1) is 0 Å². The predicted molar refractivity (Wildman–Crippen MR) is 73.5 cm³/mol. The number of carbonyl (C=O) groups is 1. The molecule has 5 heteroatoms. The van der Waals surface area contributed by atoms with Crippen LogP contribution in [-0.2, 0) is 15.6 Å². The molecule has 0 aromatic carbocycles. The average Bonchev–Trinajstić information content (AvgIpc) is 2.26. The number of hydrogen-bond donors (Lipinski definition) is 2. The van der Waals surface area contributed by atoms with Crippen molar-refractivity contribution in [1.82, 2.24) is 10.6 Å². The highest BCUT2D eigenvalue weighted by Crippen LogP contribution is 1.95. The van der Waals surface area contributed by atoms with Crippen molar-refractivity contribution in [3.8, 4) is 0 Å². The summed E-state index contributed by atoms with van der Waals surface area (Å²) in [7, 11) is -0.758. The van der Waals surface area contributed by atoms with E-state index < -0.39 is 10.8 Å². The highest BCUT2D eigenvalue weighted by atomic mass is 32.2. The van der Waals surface area contributed by atoms with Crippen LogP contribution in [-0.4, -0.2) is 40.8 Å². The van der Waals surface area contributed by atoms with Crippen molar-refractivity contribution in [2.24, 2.45) is 0 Å². The second kappa shape index (κ2) is 9.59. The third-order valence-electron chi connectivity index (χ3n) is 2.60. The van der Waals surface area contributed by atoms with Crippen molar-refractivity contribution in [3.63, 3.8) is 0 Å². The quantitative estimate of drug-likeness (QED) is 0.610. The molecule has 0 fully saturated rings. The normalized spacial score (nSPS) is 16.2. The molecule has 0 saturated heterocycles. The van der Waals surface area contributed by atoms with Crippen molar-refractivity contribution in [1.29, 1.82) is 0 Å².